The largest absolute Gasteiger partial charge is 0.350 e. The van der Waals surface area contributed by atoms with Gasteiger partial charge in [0.1, 0.15) is 10.6 Å². The molecule has 5 rings (SSSR count). The minimum Gasteiger partial charge on any atom is -0.350 e. The third kappa shape index (κ3) is 3.84. The van der Waals surface area contributed by atoms with Gasteiger partial charge in [0.25, 0.3) is 0 Å². The fourth-order valence-corrected chi connectivity index (χ4v) is 5.48. The average Bonchev–Trinajstić information content (AvgIpc) is 3.37. The summed E-state index contributed by atoms with van der Waals surface area (Å²) in [5.41, 5.74) is 5.23. The standard InChI is InChI=1S/C25H25N5OS/c1-15-9-10-16(2)19(12-15)27-21(31)14-30(3)24-22-18-7-4-8-20(18)32-25(22)29-23(28-24)17-6-5-11-26-13-17/h5-6,9-13H,4,7-8,14H2,1-3H3,(H,27,31). The van der Waals surface area contributed by atoms with Gasteiger partial charge in [-0.1, -0.05) is 12.1 Å². The molecule has 4 aromatic rings. The van der Waals surface area contributed by atoms with Crippen molar-refractivity contribution in [1.82, 2.24) is 15.0 Å². The van der Waals surface area contributed by atoms with E-state index in [1.165, 1.54) is 10.4 Å². The fraction of sp³-hybridized carbons (Fsp3) is 0.280. The molecule has 3 heterocycles. The lowest BCUT2D eigenvalue weighted by Gasteiger charge is -2.20. The monoisotopic (exact) mass is 443 g/mol. The van der Waals surface area contributed by atoms with Gasteiger partial charge < -0.3 is 10.2 Å². The van der Waals surface area contributed by atoms with E-state index in [4.69, 9.17) is 9.97 Å². The number of aromatic nitrogens is 3. The molecule has 0 bridgehead atoms. The molecule has 1 aliphatic carbocycles. The first-order chi connectivity index (χ1) is 15.5. The van der Waals surface area contributed by atoms with Gasteiger partial charge in [-0.25, -0.2) is 9.97 Å². The van der Waals surface area contributed by atoms with Crippen molar-refractivity contribution in [3.8, 4) is 11.4 Å². The molecule has 1 N–H and O–H groups in total. The number of hydrogen-bond donors (Lipinski definition) is 1. The van der Waals surface area contributed by atoms with Gasteiger partial charge in [0.05, 0.1) is 11.9 Å². The van der Waals surface area contributed by atoms with Crippen LogP contribution in [0.15, 0.2) is 42.7 Å². The van der Waals surface area contributed by atoms with Crippen LogP contribution in [0.4, 0.5) is 11.5 Å². The highest BCUT2D eigenvalue weighted by Crippen LogP contribution is 2.41. The maximum atomic E-state index is 12.9. The third-order valence-corrected chi connectivity index (χ3v) is 7.06. The number of anilines is 2. The number of hydrogen-bond acceptors (Lipinski definition) is 6. The highest BCUT2D eigenvalue weighted by Gasteiger charge is 2.25. The second-order valence-corrected chi connectivity index (χ2v) is 9.46. The molecule has 0 saturated heterocycles. The van der Waals surface area contributed by atoms with Crippen LogP contribution < -0.4 is 10.2 Å². The highest BCUT2D eigenvalue weighted by atomic mass is 32.1. The molecule has 1 aliphatic rings. The summed E-state index contributed by atoms with van der Waals surface area (Å²) >= 11 is 1.75. The van der Waals surface area contributed by atoms with Crippen molar-refractivity contribution < 1.29 is 4.79 Å². The molecule has 0 fully saturated rings. The van der Waals surface area contributed by atoms with Crippen molar-refractivity contribution in [3.05, 3.63) is 64.3 Å². The molecule has 0 atom stereocenters. The summed E-state index contributed by atoms with van der Waals surface area (Å²) in [4.78, 5) is 31.2. The zero-order chi connectivity index (χ0) is 22.2. The Morgan fingerprint density at radius 1 is 1.19 bits per heavy atom. The van der Waals surface area contributed by atoms with E-state index in [2.05, 4.69) is 10.3 Å². The predicted octanol–water partition coefficient (Wildman–Crippen LogP) is 4.93. The number of carbonyl (C=O) groups is 1. The number of benzene rings is 1. The predicted molar refractivity (Wildman–Crippen MR) is 130 cm³/mol. The summed E-state index contributed by atoms with van der Waals surface area (Å²) in [5, 5.41) is 4.16. The van der Waals surface area contributed by atoms with E-state index in [9.17, 15) is 4.79 Å². The van der Waals surface area contributed by atoms with Crippen LogP contribution in [0.2, 0.25) is 0 Å². The van der Waals surface area contributed by atoms with E-state index in [0.717, 1.165) is 57.7 Å². The Bertz CT molecular complexity index is 1320. The summed E-state index contributed by atoms with van der Waals surface area (Å²) in [6.45, 7) is 4.23. The summed E-state index contributed by atoms with van der Waals surface area (Å²) in [7, 11) is 1.93. The lowest BCUT2D eigenvalue weighted by atomic mass is 10.1. The minimum absolute atomic E-state index is 0.0669. The van der Waals surface area contributed by atoms with E-state index in [1.807, 2.05) is 56.1 Å². The number of fused-ring (bicyclic) bond motifs is 3. The summed E-state index contributed by atoms with van der Waals surface area (Å²) in [5.74, 6) is 1.38. The first-order valence-electron chi connectivity index (χ1n) is 10.8. The van der Waals surface area contributed by atoms with Gasteiger partial charge in [0.2, 0.25) is 5.91 Å². The molecule has 0 saturated carbocycles. The van der Waals surface area contributed by atoms with Gasteiger partial charge in [-0.15, -0.1) is 11.3 Å². The van der Waals surface area contributed by atoms with Crippen LogP contribution in [0.5, 0.6) is 0 Å². The van der Waals surface area contributed by atoms with Gasteiger partial charge in [0, 0.05) is 35.6 Å². The minimum atomic E-state index is -0.0669. The maximum absolute atomic E-state index is 12.9. The van der Waals surface area contributed by atoms with Gasteiger partial charge in [-0.05, 0) is 68.0 Å². The Labute approximate surface area is 191 Å². The van der Waals surface area contributed by atoms with Crippen LogP contribution in [-0.2, 0) is 17.6 Å². The van der Waals surface area contributed by atoms with Gasteiger partial charge in [0.15, 0.2) is 5.82 Å². The second kappa shape index (κ2) is 8.31. The smallest absolute Gasteiger partial charge is 0.243 e. The van der Waals surface area contributed by atoms with Crippen LogP contribution in [0.3, 0.4) is 0 Å². The molecule has 0 unspecified atom stereocenters. The van der Waals surface area contributed by atoms with Crippen molar-refractivity contribution in [2.24, 2.45) is 0 Å². The van der Waals surface area contributed by atoms with Crippen molar-refractivity contribution in [1.29, 1.82) is 0 Å². The molecule has 1 amide bonds. The number of rotatable bonds is 5. The lowest BCUT2D eigenvalue weighted by Crippen LogP contribution is -2.31. The Morgan fingerprint density at radius 3 is 2.88 bits per heavy atom. The van der Waals surface area contributed by atoms with E-state index in [-0.39, 0.29) is 12.5 Å². The van der Waals surface area contributed by atoms with Gasteiger partial charge in [-0.2, -0.15) is 0 Å². The summed E-state index contributed by atoms with van der Waals surface area (Å²) < 4.78 is 0. The lowest BCUT2D eigenvalue weighted by molar-refractivity contribution is -0.114. The zero-order valence-corrected chi connectivity index (χ0v) is 19.3. The Kier molecular flexibility index (Phi) is 5.35. The first-order valence-corrected chi connectivity index (χ1v) is 11.6. The summed E-state index contributed by atoms with van der Waals surface area (Å²) in [6, 6.07) is 9.93. The van der Waals surface area contributed by atoms with Crippen LogP contribution in [0, 0.1) is 13.8 Å². The molecule has 6 nitrogen and oxygen atoms in total. The molecule has 32 heavy (non-hydrogen) atoms. The van der Waals surface area contributed by atoms with Crippen molar-refractivity contribution in [2.75, 3.05) is 23.8 Å². The normalized spacial score (nSPS) is 12.7. The molecule has 7 heteroatoms. The van der Waals surface area contributed by atoms with Crippen molar-refractivity contribution in [3.63, 3.8) is 0 Å². The Morgan fingerprint density at radius 2 is 2.06 bits per heavy atom. The number of aryl methyl sites for hydroxylation is 4. The molecule has 0 radical (unpaired) electrons. The number of amides is 1. The number of pyridine rings is 1. The Balaban J connectivity index is 1.50. The number of nitrogens with one attached hydrogen (secondary N) is 1. The topological polar surface area (TPSA) is 71.0 Å². The third-order valence-electron chi connectivity index (χ3n) is 5.87. The number of nitrogens with zero attached hydrogens (tertiary/aromatic N) is 4. The SMILES string of the molecule is Cc1ccc(C)c(NC(=O)CN(C)c2nc(-c3cccnc3)nc3sc4c(c23)CCC4)c1. The maximum Gasteiger partial charge on any atom is 0.243 e. The number of likely N-dealkylation sites (N-methyl/N-ethyl adjacent to an activating group) is 1. The van der Waals surface area contributed by atoms with Crippen LogP contribution in [0.25, 0.3) is 21.6 Å². The van der Waals surface area contributed by atoms with E-state index < -0.39 is 0 Å². The quantitative estimate of drug-likeness (QED) is 0.473. The van der Waals surface area contributed by atoms with E-state index in [1.54, 1.807) is 23.7 Å². The van der Waals surface area contributed by atoms with E-state index >= 15 is 0 Å². The van der Waals surface area contributed by atoms with Crippen molar-refractivity contribution in [2.45, 2.75) is 33.1 Å². The zero-order valence-electron chi connectivity index (χ0n) is 18.5. The van der Waals surface area contributed by atoms with Gasteiger partial charge >= 0.3 is 0 Å². The first kappa shape index (κ1) is 20.6. The van der Waals surface area contributed by atoms with Crippen LogP contribution >= 0.6 is 11.3 Å². The average molecular weight is 444 g/mol. The highest BCUT2D eigenvalue weighted by molar-refractivity contribution is 7.19. The second-order valence-electron chi connectivity index (χ2n) is 8.37. The summed E-state index contributed by atoms with van der Waals surface area (Å²) in [6.07, 6.45) is 6.82. The molecular weight excluding hydrogens is 418 g/mol. The molecule has 1 aromatic carbocycles. The molecular formula is C25H25N5OS. The molecule has 0 aliphatic heterocycles. The van der Waals surface area contributed by atoms with Gasteiger partial charge in [-0.3, -0.25) is 9.78 Å². The molecule has 3 aromatic heterocycles. The molecule has 162 valence electrons. The number of carbonyl (C=O) groups excluding carboxylic acids is 1. The van der Waals surface area contributed by atoms with Crippen LogP contribution in [-0.4, -0.2) is 34.5 Å². The molecule has 0 spiro atoms. The van der Waals surface area contributed by atoms with E-state index in [0.29, 0.717) is 5.82 Å². The Hall–Kier alpha value is -3.32. The van der Waals surface area contributed by atoms with Crippen molar-refractivity contribution >= 4 is 39.0 Å². The van der Waals surface area contributed by atoms with Crippen LogP contribution in [0.1, 0.15) is 28.0 Å². The number of thiophene rings is 1. The fourth-order valence-electron chi connectivity index (χ4n) is 4.23.